The molecular formula is C19H22N4O8S2. The molecule has 1 saturated heterocycles. The topological polar surface area (TPSA) is 179 Å². The predicted molar refractivity (Wildman–Crippen MR) is 118 cm³/mol. The summed E-state index contributed by atoms with van der Waals surface area (Å²) in [5.41, 5.74) is -0.336. The van der Waals surface area contributed by atoms with E-state index in [2.05, 4.69) is 5.32 Å². The van der Waals surface area contributed by atoms with E-state index in [1.54, 1.807) is 0 Å². The lowest BCUT2D eigenvalue weighted by Crippen LogP contribution is -2.30. The summed E-state index contributed by atoms with van der Waals surface area (Å²) >= 11 is 0. The molecule has 0 spiro atoms. The molecule has 3 N–H and O–H groups in total. The molecule has 1 amide bonds. The number of nitrogens with one attached hydrogen (secondary N) is 1. The zero-order chi connectivity index (χ0) is 24.4. The van der Waals surface area contributed by atoms with Crippen LogP contribution in [0.15, 0.2) is 52.3 Å². The first-order chi connectivity index (χ1) is 15.4. The smallest absolute Gasteiger partial charge is 0.312 e. The average molecular weight is 499 g/mol. The van der Waals surface area contributed by atoms with Crippen LogP contribution < -0.4 is 15.2 Å². The van der Waals surface area contributed by atoms with Crippen LogP contribution in [-0.4, -0.2) is 51.2 Å². The van der Waals surface area contributed by atoms with Crippen molar-refractivity contribution in [2.24, 2.45) is 5.14 Å². The first-order valence-electron chi connectivity index (χ1n) is 9.78. The lowest BCUT2D eigenvalue weighted by Gasteiger charge is -2.17. The van der Waals surface area contributed by atoms with Crippen LogP contribution in [0.3, 0.4) is 0 Å². The number of carbonyl (C=O) groups excluding carboxylic acids is 1. The van der Waals surface area contributed by atoms with Crippen molar-refractivity contribution in [1.82, 2.24) is 4.31 Å². The van der Waals surface area contributed by atoms with Crippen molar-refractivity contribution in [3.05, 3.63) is 52.6 Å². The number of benzene rings is 2. The van der Waals surface area contributed by atoms with E-state index in [4.69, 9.17) is 9.88 Å². The first kappa shape index (κ1) is 24.6. The van der Waals surface area contributed by atoms with Crippen molar-refractivity contribution in [3.8, 4) is 5.75 Å². The summed E-state index contributed by atoms with van der Waals surface area (Å²) in [7, 11) is -7.75. The number of anilines is 1. The quantitative estimate of drug-likeness (QED) is 0.405. The highest BCUT2D eigenvalue weighted by molar-refractivity contribution is 7.89. The molecule has 0 radical (unpaired) electrons. The minimum Gasteiger partial charge on any atom is -0.474 e. The standard InChI is InChI=1S/C19H22N4O8S2/c1-13(19(24)21-14-4-6-15(7-5-14)32(20,27)28)31-18-9-8-16(12-17(18)23(25)26)33(29,30)22-10-2-3-11-22/h4-9,12-13H,2-3,10-11H2,1H3,(H,21,24)(H2,20,27,28)/t13-/m1/s1. The van der Waals surface area contributed by atoms with Gasteiger partial charge in [-0.15, -0.1) is 0 Å². The van der Waals surface area contributed by atoms with Crippen LogP contribution in [0.25, 0.3) is 0 Å². The molecule has 2 aromatic carbocycles. The normalized spacial score (nSPS) is 15.7. The molecule has 0 unspecified atom stereocenters. The highest BCUT2D eigenvalue weighted by Crippen LogP contribution is 2.32. The van der Waals surface area contributed by atoms with Gasteiger partial charge < -0.3 is 10.1 Å². The number of nitro benzene ring substituents is 1. The average Bonchev–Trinajstić information content (AvgIpc) is 3.29. The van der Waals surface area contributed by atoms with Gasteiger partial charge in [-0.1, -0.05) is 0 Å². The van der Waals surface area contributed by atoms with Crippen molar-refractivity contribution in [1.29, 1.82) is 0 Å². The number of hydrogen-bond acceptors (Lipinski definition) is 8. The maximum atomic E-state index is 12.7. The molecule has 1 aliphatic heterocycles. The molecule has 0 aromatic heterocycles. The van der Waals surface area contributed by atoms with Gasteiger partial charge in [-0.3, -0.25) is 14.9 Å². The number of rotatable bonds is 8. The summed E-state index contributed by atoms with van der Waals surface area (Å²) in [5.74, 6) is -0.936. The van der Waals surface area contributed by atoms with E-state index in [-0.39, 0.29) is 21.2 Å². The Morgan fingerprint density at radius 3 is 2.21 bits per heavy atom. The zero-order valence-corrected chi connectivity index (χ0v) is 19.1. The number of nitrogens with zero attached hydrogens (tertiary/aromatic N) is 2. The van der Waals surface area contributed by atoms with E-state index in [9.17, 15) is 31.7 Å². The number of primary sulfonamides is 1. The molecule has 14 heteroatoms. The molecule has 33 heavy (non-hydrogen) atoms. The molecule has 1 aliphatic rings. The summed E-state index contributed by atoms with van der Waals surface area (Å²) in [5, 5.41) is 19.0. The van der Waals surface area contributed by atoms with Crippen LogP contribution in [0.5, 0.6) is 5.75 Å². The molecule has 0 aliphatic carbocycles. The molecule has 1 fully saturated rings. The molecule has 0 saturated carbocycles. The molecule has 2 aromatic rings. The van der Waals surface area contributed by atoms with Gasteiger partial charge in [0.05, 0.1) is 14.7 Å². The van der Waals surface area contributed by atoms with Gasteiger partial charge in [0, 0.05) is 24.8 Å². The Morgan fingerprint density at radius 2 is 1.67 bits per heavy atom. The van der Waals surface area contributed by atoms with Gasteiger partial charge in [0.1, 0.15) is 0 Å². The molecule has 1 heterocycles. The molecule has 0 bridgehead atoms. The number of hydrogen-bond donors (Lipinski definition) is 2. The van der Waals surface area contributed by atoms with Gasteiger partial charge in [-0.25, -0.2) is 22.0 Å². The van der Waals surface area contributed by atoms with E-state index in [0.29, 0.717) is 13.1 Å². The molecule has 178 valence electrons. The lowest BCUT2D eigenvalue weighted by atomic mass is 10.2. The van der Waals surface area contributed by atoms with E-state index in [1.165, 1.54) is 41.6 Å². The molecule has 3 rings (SSSR count). The van der Waals surface area contributed by atoms with Gasteiger partial charge in [0.25, 0.3) is 5.91 Å². The third-order valence-corrected chi connectivity index (χ3v) is 7.78. The Balaban J connectivity index is 1.76. The fourth-order valence-electron chi connectivity index (χ4n) is 3.19. The van der Waals surface area contributed by atoms with Crippen LogP contribution in [-0.2, 0) is 24.8 Å². The predicted octanol–water partition coefficient (Wildman–Crippen LogP) is 1.43. The van der Waals surface area contributed by atoms with Gasteiger partial charge in [-0.2, -0.15) is 4.31 Å². The first-order valence-corrected chi connectivity index (χ1v) is 12.8. The third kappa shape index (κ3) is 5.65. The summed E-state index contributed by atoms with van der Waals surface area (Å²) in [6.45, 7) is 2.06. The van der Waals surface area contributed by atoms with Crippen molar-refractivity contribution in [2.45, 2.75) is 35.7 Å². The largest absolute Gasteiger partial charge is 0.474 e. The second-order valence-electron chi connectivity index (χ2n) is 7.32. The van der Waals surface area contributed by atoms with Crippen LogP contribution in [0.1, 0.15) is 19.8 Å². The van der Waals surface area contributed by atoms with Crippen LogP contribution in [0.4, 0.5) is 11.4 Å². The monoisotopic (exact) mass is 498 g/mol. The summed E-state index contributed by atoms with van der Waals surface area (Å²) in [6.07, 6.45) is 0.252. The summed E-state index contributed by atoms with van der Waals surface area (Å²) in [6, 6.07) is 8.33. The molecular weight excluding hydrogens is 476 g/mol. The Kier molecular flexibility index (Phi) is 7.02. The maximum absolute atomic E-state index is 12.7. The second kappa shape index (κ2) is 9.43. The Bertz CT molecular complexity index is 1270. The Labute approximate surface area is 190 Å². The summed E-state index contributed by atoms with van der Waals surface area (Å²) in [4.78, 5) is 22.8. The fourth-order valence-corrected chi connectivity index (χ4v) is 5.25. The second-order valence-corrected chi connectivity index (χ2v) is 10.8. The van der Waals surface area contributed by atoms with Gasteiger partial charge in [-0.05, 0) is 56.2 Å². The van der Waals surface area contributed by atoms with Gasteiger partial charge >= 0.3 is 5.69 Å². The van der Waals surface area contributed by atoms with Gasteiger partial charge in [0.15, 0.2) is 11.9 Å². The number of nitro groups is 1. The van der Waals surface area contributed by atoms with Gasteiger partial charge in [0.2, 0.25) is 20.0 Å². The van der Waals surface area contributed by atoms with Crippen LogP contribution in [0.2, 0.25) is 0 Å². The fraction of sp³-hybridized carbons (Fsp3) is 0.316. The summed E-state index contributed by atoms with van der Waals surface area (Å²) < 4.78 is 54.7. The highest BCUT2D eigenvalue weighted by atomic mass is 32.2. The highest BCUT2D eigenvalue weighted by Gasteiger charge is 2.30. The molecule has 1 atom stereocenters. The number of sulfonamides is 2. The number of carbonyl (C=O) groups is 1. The van der Waals surface area contributed by atoms with Crippen molar-refractivity contribution < 1.29 is 31.3 Å². The number of amides is 1. The van der Waals surface area contributed by atoms with E-state index in [1.807, 2.05) is 0 Å². The Hall–Kier alpha value is -3.07. The SMILES string of the molecule is C[C@@H](Oc1ccc(S(=O)(=O)N2CCCC2)cc1[N+](=O)[O-])C(=O)Nc1ccc(S(N)(=O)=O)cc1. The van der Waals surface area contributed by atoms with Crippen LogP contribution in [0, 0.1) is 10.1 Å². The van der Waals surface area contributed by atoms with Crippen molar-refractivity contribution >= 4 is 37.3 Å². The zero-order valence-electron chi connectivity index (χ0n) is 17.5. The lowest BCUT2D eigenvalue weighted by molar-refractivity contribution is -0.386. The third-order valence-electron chi connectivity index (χ3n) is 4.95. The van der Waals surface area contributed by atoms with E-state index < -0.39 is 42.7 Å². The Morgan fingerprint density at radius 1 is 1.09 bits per heavy atom. The van der Waals surface area contributed by atoms with Crippen molar-refractivity contribution in [3.63, 3.8) is 0 Å². The van der Waals surface area contributed by atoms with Crippen molar-refractivity contribution in [2.75, 3.05) is 18.4 Å². The van der Waals surface area contributed by atoms with E-state index in [0.717, 1.165) is 25.0 Å². The minimum atomic E-state index is -3.88. The minimum absolute atomic E-state index is 0.135. The van der Waals surface area contributed by atoms with Crippen LogP contribution >= 0.6 is 0 Å². The number of ether oxygens (including phenoxy) is 1. The molecule has 12 nitrogen and oxygen atoms in total. The maximum Gasteiger partial charge on any atom is 0.312 e. The van der Waals surface area contributed by atoms with E-state index >= 15 is 0 Å². The number of nitrogens with two attached hydrogens (primary N) is 1.